The van der Waals surface area contributed by atoms with E-state index in [1.54, 1.807) is 17.0 Å². The molecule has 1 fully saturated rings. The summed E-state index contributed by atoms with van der Waals surface area (Å²) in [5.74, 6) is -0.309. The molecule has 0 aromatic heterocycles. The molecule has 0 bridgehead atoms. The molecule has 0 spiro atoms. The van der Waals surface area contributed by atoms with Crippen LogP contribution in [0, 0.1) is 17.1 Å². The number of benzene rings is 2. The van der Waals surface area contributed by atoms with Gasteiger partial charge in [-0.3, -0.25) is 0 Å². The number of piperazine rings is 1. The van der Waals surface area contributed by atoms with E-state index in [2.05, 4.69) is 5.32 Å². The summed E-state index contributed by atoms with van der Waals surface area (Å²) in [6.45, 7) is 2.12. The van der Waals surface area contributed by atoms with Crippen molar-refractivity contribution >= 4 is 17.4 Å². The lowest BCUT2D eigenvalue weighted by molar-refractivity contribution is 0.208. The van der Waals surface area contributed by atoms with Crippen LogP contribution in [0.15, 0.2) is 42.5 Å². The Labute approximate surface area is 144 Å². The fraction of sp³-hybridized carbons (Fsp3) is 0.222. The topological polar surface area (TPSA) is 79.6 Å². The molecule has 1 aliphatic heterocycles. The van der Waals surface area contributed by atoms with E-state index in [9.17, 15) is 14.3 Å². The number of aromatic hydroxyl groups is 1. The van der Waals surface area contributed by atoms with Crippen molar-refractivity contribution in [3.8, 4) is 11.8 Å². The summed E-state index contributed by atoms with van der Waals surface area (Å²) in [6, 6.07) is 12.3. The zero-order chi connectivity index (χ0) is 17.8. The third kappa shape index (κ3) is 3.63. The third-order valence-electron chi connectivity index (χ3n) is 4.13. The molecule has 1 heterocycles. The summed E-state index contributed by atoms with van der Waals surface area (Å²) in [6.07, 6.45) is 0. The van der Waals surface area contributed by atoms with E-state index in [1.165, 1.54) is 12.1 Å². The second-order valence-electron chi connectivity index (χ2n) is 5.69. The van der Waals surface area contributed by atoms with Crippen molar-refractivity contribution < 1.29 is 14.3 Å². The van der Waals surface area contributed by atoms with Gasteiger partial charge >= 0.3 is 6.03 Å². The number of phenolic OH excluding ortho intramolecular Hbond substituents is 1. The van der Waals surface area contributed by atoms with Gasteiger partial charge in [0.25, 0.3) is 0 Å². The maximum Gasteiger partial charge on any atom is 0.322 e. The fourth-order valence-corrected chi connectivity index (χ4v) is 2.79. The van der Waals surface area contributed by atoms with Gasteiger partial charge in [-0.15, -0.1) is 0 Å². The van der Waals surface area contributed by atoms with E-state index >= 15 is 0 Å². The van der Waals surface area contributed by atoms with Crippen molar-refractivity contribution in [3.63, 3.8) is 0 Å². The Bertz CT molecular complexity index is 826. The number of para-hydroxylation sites is 2. The molecule has 0 saturated carbocycles. The van der Waals surface area contributed by atoms with E-state index in [-0.39, 0.29) is 23.0 Å². The molecule has 1 aliphatic rings. The molecule has 2 amide bonds. The monoisotopic (exact) mass is 340 g/mol. The maximum atomic E-state index is 13.2. The van der Waals surface area contributed by atoms with Crippen LogP contribution in [0.5, 0.6) is 5.75 Å². The Morgan fingerprint density at radius 1 is 1.16 bits per heavy atom. The highest BCUT2D eigenvalue weighted by atomic mass is 19.1. The molecule has 7 heteroatoms. The molecule has 128 valence electrons. The number of halogens is 1. The van der Waals surface area contributed by atoms with Gasteiger partial charge in [0.2, 0.25) is 0 Å². The predicted octanol–water partition coefficient (Wildman–Crippen LogP) is 2.76. The van der Waals surface area contributed by atoms with E-state index in [1.807, 2.05) is 23.1 Å². The van der Waals surface area contributed by atoms with Crippen LogP contribution in [0.3, 0.4) is 0 Å². The van der Waals surface area contributed by atoms with Gasteiger partial charge in [-0.25, -0.2) is 9.18 Å². The first-order chi connectivity index (χ1) is 12.1. The Morgan fingerprint density at radius 3 is 2.56 bits per heavy atom. The fourth-order valence-electron chi connectivity index (χ4n) is 2.79. The number of amides is 2. The standard InChI is InChI=1S/C18H17FN4O2/c19-14-5-6-15(13(11-14)12-20)21-18(25)23-9-7-22(8-10-23)16-3-1-2-4-17(16)24/h1-6,11,24H,7-10H2,(H,21,25). The van der Waals surface area contributed by atoms with E-state index in [0.29, 0.717) is 26.2 Å². The van der Waals surface area contributed by atoms with E-state index < -0.39 is 5.82 Å². The van der Waals surface area contributed by atoms with Crippen molar-refractivity contribution in [1.29, 1.82) is 5.26 Å². The van der Waals surface area contributed by atoms with E-state index in [0.717, 1.165) is 11.8 Å². The minimum Gasteiger partial charge on any atom is -0.506 e. The van der Waals surface area contributed by atoms with Crippen LogP contribution in [0.25, 0.3) is 0 Å². The van der Waals surface area contributed by atoms with Gasteiger partial charge in [0, 0.05) is 26.2 Å². The molecule has 2 aromatic rings. The first-order valence-electron chi connectivity index (χ1n) is 7.87. The van der Waals surface area contributed by atoms with Crippen molar-refractivity contribution in [2.45, 2.75) is 0 Å². The van der Waals surface area contributed by atoms with Crippen LogP contribution in [0.1, 0.15) is 5.56 Å². The number of urea groups is 1. The maximum absolute atomic E-state index is 13.2. The molecular formula is C18H17FN4O2. The third-order valence-corrected chi connectivity index (χ3v) is 4.13. The second-order valence-corrected chi connectivity index (χ2v) is 5.69. The minimum atomic E-state index is -0.522. The molecule has 0 atom stereocenters. The van der Waals surface area contributed by atoms with Gasteiger partial charge in [-0.1, -0.05) is 12.1 Å². The van der Waals surface area contributed by atoms with Gasteiger partial charge < -0.3 is 20.2 Å². The predicted molar refractivity (Wildman–Crippen MR) is 92.0 cm³/mol. The van der Waals surface area contributed by atoms with E-state index in [4.69, 9.17) is 5.26 Å². The molecule has 25 heavy (non-hydrogen) atoms. The summed E-state index contributed by atoms with van der Waals surface area (Å²) < 4.78 is 13.2. The average molecular weight is 340 g/mol. The van der Waals surface area contributed by atoms with Gasteiger partial charge in [0.1, 0.15) is 17.6 Å². The lowest BCUT2D eigenvalue weighted by Gasteiger charge is -2.36. The van der Waals surface area contributed by atoms with Crippen LogP contribution < -0.4 is 10.2 Å². The average Bonchev–Trinajstić information content (AvgIpc) is 2.63. The number of carbonyl (C=O) groups is 1. The van der Waals surface area contributed by atoms with Gasteiger partial charge in [0.15, 0.2) is 0 Å². The SMILES string of the molecule is N#Cc1cc(F)ccc1NC(=O)N1CCN(c2ccccc2O)CC1. The molecule has 0 unspecified atom stereocenters. The van der Waals surface area contributed by atoms with Crippen LogP contribution in [0.2, 0.25) is 0 Å². The van der Waals surface area contributed by atoms with Crippen molar-refractivity contribution in [2.24, 2.45) is 0 Å². The number of hydrogen-bond acceptors (Lipinski definition) is 4. The van der Waals surface area contributed by atoms with Crippen molar-refractivity contribution in [1.82, 2.24) is 4.90 Å². The number of nitriles is 1. The highest BCUT2D eigenvalue weighted by Gasteiger charge is 2.23. The quantitative estimate of drug-likeness (QED) is 0.881. The normalized spacial score (nSPS) is 14.1. The first kappa shape index (κ1) is 16.6. The Hall–Kier alpha value is -3.27. The number of rotatable bonds is 2. The first-order valence-corrected chi connectivity index (χ1v) is 7.87. The number of nitrogens with one attached hydrogen (secondary N) is 1. The zero-order valence-corrected chi connectivity index (χ0v) is 13.4. The molecule has 0 radical (unpaired) electrons. The van der Waals surface area contributed by atoms with Gasteiger partial charge in [-0.05, 0) is 30.3 Å². The van der Waals surface area contributed by atoms with Crippen molar-refractivity contribution in [3.05, 3.63) is 53.8 Å². The number of hydrogen-bond donors (Lipinski definition) is 2. The molecule has 0 aliphatic carbocycles. The van der Waals surface area contributed by atoms with Gasteiger partial charge in [0.05, 0.1) is 16.9 Å². The van der Waals surface area contributed by atoms with Crippen molar-refractivity contribution in [2.75, 3.05) is 36.4 Å². The molecule has 2 aromatic carbocycles. The summed E-state index contributed by atoms with van der Waals surface area (Å²) in [5.41, 5.74) is 1.12. The molecule has 3 rings (SSSR count). The highest BCUT2D eigenvalue weighted by Crippen LogP contribution is 2.27. The lowest BCUT2D eigenvalue weighted by Crippen LogP contribution is -2.50. The Balaban J connectivity index is 1.63. The van der Waals surface area contributed by atoms with Gasteiger partial charge in [-0.2, -0.15) is 5.26 Å². The van der Waals surface area contributed by atoms with Crippen LogP contribution in [0.4, 0.5) is 20.6 Å². The van der Waals surface area contributed by atoms with Crippen LogP contribution in [-0.2, 0) is 0 Å². The summed E-state index contributed by atoms with van der Waals surface area (Å²) in [7, 11) is 0. The Morgan fingerprint density at radius 2 is 1.88 bits per heavy atom. The summed E-state index contributed by atoms with van der Waals surface area (Å²) in [5, 5.41) is 21.6. The minimum absolute atomic E-state index is 0.0844. The molecule has 6 nitrogen and oxygen atoms in total. The molecule has 1 saturated heterocycles. The van der Waals surface area contributed by atoms with Crippen LogP contribution >= 0.6 is 0 Å². The number of anilines is 2. The summed E-state index contributed by atoms with van der Waals surface area (Å²) >= 11 is 0. The summed E-state index contributed by atoms with van der Waals surface area (Å²) in [4.78, 5) is 16.0. The molecule has 2 N–H and O–H groups in total. The largest absolute Gasteiger partial charge is 0.506 e. The lowest BCUT2D eigenvalue weighted by atomic mass is 10.2. The number of phenols is 1. The molecular weight excluding hydrogens is 323 g/mol. The second kappa shape index (κ2) is 7.09. The zero-order valence-electron chi connectivity index (χ0n) is 13.4. The highest BCUT2D eigenvalue weighted by molar-refractivity contribution is 5.91. The number of carbonyl (C=O) groups excluding carboxylic acids is 1. The van der Waals surface area contributed by atoms with Crippen LogP contribution in [-0.4, -0.2) is 42.2 Å². The number of nitrogens with zero attached hydrogens (tertiary/aromatic N) is 3. The smallest absolute Gasteiger partial charge is 0.322 e. The Kier molecular flexibility index (Phi) is 4.70.